The van der Waals surface area contributed by atoms with E-state index in [1.165, 1.54) is 23.4 Å². The van der Waals surface area contributed by atoms with Gasteiger partial charge in [0.1, 0.15) is 42.2 Å². The number of benzene rings is 2. The van der Waals surface area contributed by atoms with Crippen LogP contribution in [0, 0.1) is 11.6 Å². The molecule has 1 atom stereocenters. The minimum atomic E-state index is -1.85. The molecular weight excluding hydrogens is 368 g/mol. The van der Waals surface area contributed by atoms with Crippen molar-refractivity contribution in [1.82, 2.24) is 14.8 Å². The van der Waals surface area contributed by atoms with E-state index in [-0.39, 0.29) is 24.5 Å². The molecule has 1 heterocycles. The summed E-state index contributed by atoms with van der Waals surface area (Å²) >= 11 is 0. The van der Waals surface area contributed by atoms with E-state index in [2.05, 4.69) is 16.7 Å². The van der Waals surface area contributed by atoms with E-state index in [0.29, 0.717) is 17.4 Å². The number of hydrogen-bond donors (Lipinski definition) is 1. The van der Waals surface area contributed by atoms with Crippen LogP contribution in [0.25, 0.3) is 0 Å². The Morgan fingerprint density at radius 3 is 2.61 bits per heavy atom. The van der Waals surface area contributed by atoms with Gasteiger partial charge in [-0.3, -0.25) is 4.79 Å². The standard InChI is InChI=1S/C20H17F2N3O3/c1-2-19(26)14-3-6-16(7-4-14)28-11-20(27,10-25-13-23-12-24-25)17-8-5-15(21)9-18(17)22/h2-9,12-13,27H,1,10-11H2. The van der Waals surface area contributed by atoms with E-state index in [9.17, 15) is 18.7 Å². The summed E-state index contributed by atoms with van der Waals surface area (Å²) in [5.41, 5.74) is -1.55. The fourth-order valence-corrected chi connectivity index (χ4v) is 2.69. The molecule has 3 aromatic rings. The zero-order valence-corrected chi connectivity index (χ0v) is 14.8. The first-order valence-corrected chi connectivity index (χ1v) is 8.31. The van der Waals surface area contributed by atoms with Crippen LogP contribution in [0.15, 0.2) is 67.8 Å². The molecule has 0 bridgehead atoms. The number of hydrogen-bond acceptors (Lipinski definition) is 5. The second-order valence-corrected chi connectivity index (χ2v) is 6.13. The van der Waals surface area contributed by atoms with Crippen LogP contribution in [-0.4, -0.2) is 32.3 Å². The van der Waals surface area contributed by atoms with Gasteiger partial charge in [-0.25, -0.2) is 18.4 Å². The molecule has 144 valence electrons. The third-order valence-electron chi connectivity index (χ3n) is 4.12. The molecule has 1 unspecified atom stereocenters. The largest absolute Gasteiger partial charge is 0.490 e. The van der Waals surface area contributed by atoms with Crippen molar-refractivity contribution in [2.75, 3.05) is 6.61 Å². The third-order valence-corrected chi connectivity index (χ3v) is 4.12. The van der Waals surface area contributed by atoms with Crippen LogP contribution >= 0.6 is 0 Å². The van der Waals surface area contributed by atoms with Gasteiger partial charge in [-0.15, -0.1) is 0 Å². The number of aromatic nitrogens is 3. The summed E-state index contributed by atoms with van der Waals surface area (Å²) < 4.78 is 34.6. The molecule has 0 aliphatic rings. The van der Waals surface area contributed by atoms with Gasteiger partial charge in [-0.1, -0.05) is 12.6 Å². The molecular formula is C20H17F2N3O3. The summed E-state index contributed by atoms with van der Waals surface area (Å²) in [4.78, 5) is 15.4. The Bertz CT molecular complexity index is 975. The van der Waals surface area contributed by atoms with Crippen molar-refractivity contribution in [1.29, 1.82) is 0 Å². The summed E-state index contributed by atoms with van der Waals surface area (Å²) in [7, 11) is 0. The van der Waals surface area contributed by atoms with Gasteiger partial charge >= 0.3 is 0 Å². The van der Waals surface area contributed by atoms with E-state index >= 15 is 0 Å². The number of rotatable bonds is 8. The Hall–Kier alpha value is -3.39. The van der Waals surface area contributed by atoms with E-state index in [1.54, 1.807) is 24.3 Å². The van der Waals surface area contributed by atoms with Crippen molar-refractivity contribution in [3.05, 3.63) is 90.5 Å². The van der Waals surface area contributed by atoms with Crippen molar-refractivity contribution < 1.29 is 23.4 Å². The second-order valence-electron chi connectivity index (χ2n) is 6.13. The van der Waals surface area contributed by atoms with E-state index in [4.69, 9.17) is 4.74 Å². The van der Waals surface area contributed by atoms with Gasteiger partial charge in [0.2, 0.25) is 0 Å². The lowest BCUT2D eigenvalue weighted by Crippen LogP contribution is -2.39. The highest BCUT2D eigenvalue weighted by molar-refractivity contribution is 6.04. The molecule has 0 aliphatic carbocycles. The van der Waals surface area contributed by atoms with Gasteiger partial charge in [0.25, 0.3) is 0 Å². The highest BCUT2D eigenvalue weighted by Crippen LogP contribution is 2.28. The van der Waals surface area contributed by atoms with Crippen LogP contribution in [0.1, 0.15) is 15.9 Å². The first kappa shape index (κ1) is 19.4. The number of aliphatic hydroxyl groups is 1. The van der Waals surface area contributed by atoms with Gasteiger partial charge in [-0.05, 0) is 36.4 Å². The molecule has 0 saturated carbocycles. The smallest absolute Gasteiger partial charge is 0.185 e. The Kier molecular flexibility index (Phi) is 5.60. The van der Waals surface area contributed by atoms with Gasteiger partial charge in [0.05, 0.1) is 6.54 Å². The van der Waals surface area contributed by atoms with Crippen LogP contribution in [-0.2, 0) is 12.1 Å². The predicted molar refractivity (Wildman–Crippen MR) is 96.7 cm³/mol. The average molecular weight is 385 g/mol. The summed E-state index contributed by atoms with van der Waals surface area (Å²) in [6.07, 6.45) is 3.84. The lowest BCUT2D eigenvalue weighted by Gasteiger charge is -2.29. The van der Waals surface area contributed by atoms with Crippen molar-refractivity contribution in [3.63, 3.8) is 0 Å². The minimum Gasteiger partial charge on any atom is -0.490 e. The van der Waals surface area contributed by atoms with Crippen molar-refractivity contribution in [2.24, 2.45) is 0 Å². The molecule has 0 spiro atoms. The number of carbonyl (C=O) groups excluding carboxylic acids is 1. The number of carbonyl (C=O) groups is 1. The lowest BCUT2D eigenvalue weighted by atomic mass is 9.94. The average Bonchev–Trinajstić information content (AvgIpc) is 3.18. The molecule has 0 saturated heterocycles. The Labute approximate surface area is 159 Å². The number of ketones is 1. The zero-order valence-electron chi connectivity index (χ0n) is 14.8. The van der Waals surface area contributed by atoms with Crippen LogP contribution in [0.5, 0.6) is 5.75 Å². The van der Waals surface area contributed by atoms with Gasteiger partial charge in [0, 0.05) is 17.2 Å². The van der Waals surface area contributed by atoms with E-state index in [0.717, 1.165) is 12.1 Å². The van der Waals surface area contributed by atoms with Crippen molar-refractivity contribution >= 4 is 5.78 Å². The molecule has 8 heteroatoms. The SMILES string of the molecule is C=CC(=O)c1ccc(OCC(O)(Cn2cncn2)c2ccc(F)cc2F)cc1. The molecule has 0 radical (unpaired) electrons. The lowest BCUT2D eigenvalue weighted by molar-refractivity contribution is -0.0297. The Morgan fingerprint density at radius 1 is 1.25 bits per heavy atom. The van der Waals surface area contributed by atoms with Crippen LogP contribution in [0.4, 0.5) is 8.78 Å². The maximum Gasteiger partial charge on any atom is 0.185 e. The molecule has 0 fully saturated rings. The van der Waals surface area contributed by atoms with Crippen molar-refractivity contribution in [3.8, 4) is 5.75 Å². The highest BCUT2D eigenvalue weighted by atomic mass is 19.1. The number of halogens is 2. The maximum atomic E-state index is 14.3. The number of allylic oxidation sites excluding steroid dienone is 1. The third kappa shape index (κ3) is 4.29. The number of nitrogens with zero attached hydrogens (tertiary/aromatic N) is 3. The van der Waals surface area contributed by atoms with Crippen LogP contribution in [0.2, 0.25) is 0 Å². The molecule has 0 aliphatic heterocycles. The molecule has 6 nitrogen and oxygen atoms in total. The van der Waals surface area contributed by atoms with Crippen LogP contribution < -0.4 is 4.74 Å². The minimum absolute atomic E-state index is 0.136. The summed E-state index contributed by atoms with van der Waals surface area (Å²) in [6, 6.07) is 9.11. The van der Waals surface area contributed by atoms with E-state index in [1.807, 2.05) is 0 Å². The van der Waals surface area contributed by atoms with Gasteiger partial charge in [-0.2, -0.15) is 5.10 Å². The summed E-state index contributed by atoms with van der Waals surface area (Å²) in [5, 5.41) is 15.0. The van der Waals surface area contributed by atoms with Crippen molar-refractivity contribution in [2.45, 2.75) is 12.1 Å². The predicted octanol–water partition coefficient (Wildman–Crippen LogP) is 2.89. The Morgan fingerprint density at radius 2 is 2.00 bits per heavy atom. The number of ether oxygens (including phenoxy) is 1. The fraction of sp³-hybridized carbons (Fsp3) is 0.150. The highest BCUT2D eigenvalue weighted by Gasteiger charge is 2.34. The molecule has 28 heavy (non-hydrogen) atoms. The normalized spacial score (nSPS) is 13.0. The van der Waals surface area contributed by atoms with Gasteiger partial charge < -0.3 is 9.84 Å². The summed E-state index contributed by atoms with van der Waals surface area (Å²) in [5.74, 6) is -1.53. The molecule has 1 aromatic heterocycles. The Balaban J connectivity index is 1.85. The van der Waals surface area contributed by atoms with Crippen LogP contribution in [0.3, 0.4) is 0 Å². The molecule has 2 aromatic carbocycles. The summed E-state index contributed by atoms with van der Waals surface area (Å²) in [6.45, 7) is 2.91. The first-order chi connectivity index (χ1) is 13.4. The molecule has 1 N–H and O–H groups in total. The quantitative estimate of drug-likeness (QED) is 0.477. The molecule has 3 rings (SSSR count). The fourth-order valence-electron chi connectivity index (χ4n) is 2.69. The second kappa shape index (κ2) is 8.10. The van der Waals surface area contributed by atoms with Gasteiger partial charge in [0.15, 0.2) is 5.78 Å². The van der Waals surface area contributed by atoms with E-state index < -0.39 is 17.2 Å². The topological polar surface area (TPSA) is 77.2 Å². The zero-order chi connectivity index (χ0) is 20.1. The monoisotopic (exact) mass is 385 g/mol. The first-order valence-electron chi connectivity index (χ1n) is 8.31. The maximum absolute atomic E-state index is 14.3. The molecule has 0 amide bonds.